The van der Waals surface area contributed by atoms with Crippen LogP contribution < -0.4 is 11.1 Å². The highest BCUT2D eigenvalue weighted by molar-refractivity contribution is 5.95. The molecular formula is C25H24N4O. The number of nitrogens with zero attached hydrogens (tertiary/aromatic N) is 1. The molecule has 0 aliphatic rings. The van der Waals surface area contributed by atoms with Crippen molar-refractivity contribution in [1.82, 2.24) is 15.3 Å². The van der Waals surface area contributed by atoms with E-state index in [1.54, 1.807) is 12.3 Å². The smallest absolute Gasteiger partial charge is 0.244 e. The van der Waals surface area contributed by atoms with Crippen LogP contribution in [-0.2, 0) is 11.2 Å². The average molecular weight is 396 g/mol. The topological polar surface area (TPSA) is 83.8 Å². The van der Waals surface area contributed by atoms with Crippen LogP contribution in [0.5, 0.6) is 0 Å². The lowest BCUT2D eigenvalue weighted by atomic mass is 10.0. The molecule has 0 aliphatic heterocycles. The van der Waals surface area contributed by atoms with Crippen molar-refractivity contribution >= 4 is 23.0 Å². The molecule has 4 rings (SSSR count). The van der Waals surface area contributed by atoms with E-state index in [2.05, 4.69) is 51.7 Å². The monoisotopic (exact) mass is 396 g/mol. The van der Waals surface area contributed by atoms with Crippen LogP contribution in [0.25, 0.3) is 28.2 Å². The number of fused-ring (bicyclic) bond motifs is 1. The van der Waals surface area contributed by atoms with Gasteiger partial charge >= 0.3 is 0 Å². The Bertz CT molecular complexity index is 1150. The number of benzene rings is 2. The molecule has 5 heteroatoms. The average Bonchev–Trinajstić information content (AvgIpc) is 3.21. The van der Waals surface area contributed by atoms with E-state index in [4.69, 9.17) is 5.73 Å². The molecule has 2 aromatic heterocycles. The number of rotatable bonds is 7. The molecule has 2 aromatic carbocycles. The fraction of sp³-hybridized carbons (Fsp3) is 0.120. The fourth-order valence-corrected chi connectivity index (χ4v) is 3.47. The predicted octanol–water partition coefficient (Wildman–Crippen LogP) is 3.93. The molecule has 30 heavy (non-hydrogen) atoms. The first-order valence-corrected chi connectivity index (χ1v) is 9.98. The number of aromatic nitrogens is 2. The van der Waals surface area contributed by atoms with Gasteiger partial charge in [-0.25, -0.2) is 4.98 Å². The molecule has 2 heterocycles. The Morgan fingerprint density at radius 3 is 2.57 bits per heavy atom. The maximum absolute atomic E-state index is 12.4. The Labute approximate surface area is 175 Å². The molecule has 0 fully saturated rings. The predicted molar refractivity (Wildman–Crippen MR) is 122 cm³/mol. The Morgan fingerprint density at radius 2 is 1.80 bits per heavy atom. The molecule has 0 radical (unpaired) electrons. The van der Waals surface area contributed by atoms with E-state index in [1.807, 2.05) is 36.5 Å². The van der Waals surface area contributed by atoms with Crippen LogP contribution in [-0.4, -0.2) is 28.5 Å². The normalized spacial score (nSPS) is 12.3. The minimum absolute atomic E-state index is 0.130. The van der Waals surface area contributed by atoms with E-state index >= 15 is 0 Å². The molecular weight excluding hydrogens is 372 g/mol. The maximum Gasteiger partial charge on any atom is 0.244 e. The van der Waals surface area contributed by atoms with Gasteiger partial charge in [0.15, 0.2) is 0 Å². The number of pyridine rings is 1. The summed E-state index contributed by atoms with van der Waals surface area (Å²) in [7, 11) is 0. The summed E-state index contributed by atoms with van der Waals surface area (Å²) >= 11 is 0. The van der Waals surface area contributed by atoms with Gasteiger partial charge in [-0.05, 0) is 41.3 Å². The van der Waals surface area contributed by atoms with Crippen LogP contribution in [0, 0.1) is 0 Å². The lowest BCUT2D eigenvalue weighted by Gasteiger charge is -2.16. The zero-order chi connectivity index (χ0) is 20.8. The van der Waals surface area contributed by atoms with E-state index in [9.17, 15) is 4.79 Å². The number of nitrogens with two attached hydrogens (primary N) is 1. The molecule has 4 N–H and O–H groups in total. The van der Waals surface area contributed by atoms with Gasteiger partial charge in [0.05, 0.1) is 0 Å². The highest BCUT2D eigenvalue weighted by Crippen LogP contribution is 2.20. The first-order chi connectivity index (χ1) is 14.7. The van der Waals surface area contributed by atoms with Gasteiger partial charge in [0.1, 0.15) is 5.65 Å². The molecule has 150 valence electrons. The van der Waals surface area contributed by atoms with Crippen molar-refractivity contribution in [3.05, 3.63) is 96.3 Å². The van der Waals surface area contributed by atoms with E-state index in [1.165, 1.54) is 17.2 Å². The second-order valence-corrected chi connectivity index (χ2v) is 7.19. The van der Waals surface area contributed by atoms with Gasteiger partial charge in [-0.1, -0.05) is 54.6 Å². The number of carbonyl (C=O) groups is 1. The summed E-state index contributed by atoms with van der Waals surface area (Å²) in [6.45, 7) is 0.372. The molecule has 0 aliphatic carbocycles. The van der Waals surface area contributed by atoms with Crippen molar-refractivity contribution in [3.8, 4) is 11.1 Å². The van der Waals surface area contributed by atoms with E-state index in [0.717, 1.165) is 22.2 Å². The SMILES string of the molecule is NC[C@H](Cc1ccc(-c2ccccc2)cc1)NC(=O)/C=C/c1c[nH]c2ncccc12. The van der Waals surface area contributed by atoms with Gasteiger partial charge in [0.25, 0.3) is 0 Å². The summed E-state index contributed by atoms with van der Waals surface area (Å²) in [6, 6.07) is 22.4. The van der Waals surface area contributed by atoms with Gasteiger partial charge < -0.3 is 16.0 Å². The van der Waals surface area contributed by atoms with Crippen LogP contribution in [0.15, 0.2) is 85.2 Å². The highest BCUT2D eigenvalue weighted by Gasteiger charge is 2.10. The van der Waals surface area contributed by atoms with E-state index in [-0.39, 0.29) is 11.9 Å². The first kappa shape index (κ1) is 19.6. The Morgan fingerprint density at radius 1 is 1.03 bits per heavy atom. The van der Waals surface area contributed by atoms with Crippen molar-refractivity contribution in [3.63, 3.8) is 0 Å². The number of H-pyrrole nitrogens is 1. The molecule has 1 amide bonds. The molecule has 4 aromatic rings. The largest absolute Gasteiger partial charge is 0.348 e. The van der Waals surface area contributed by atoms with E-state index in [0.29, 0.717) is 13.0 Å². The summed E-state index contributed by atoms with van der Waals surface area (Å²) < 4.78 is 0. The van der Waals surface area contributed by atoms with E-state index < -0.39 is 0 Å². The number of carbonyl (C=O) groups excluding carboxylic acids is 1. The maximum atomic E-state index is 12.4. The van der Waals surface area contributed by atoms with Crippen LogP contribution >= 0.6 is 0 Å². The van der Waals surface area contributed by atoms with Gasteiger partial charge in [-0.3, -0.25) is 4.79 Å². The first-order valence-electron chi connectivity index (χ1n) is 9.98. The van der Waals surface area contributed by atoms with Crippen molar-refractivity contribution in [2.45, 2.75) is 12.5 Å². The molecule has 0 saturated carbocycles. The minimum atomic E-state index is -0.162. The number of hydrogen-bond donors (Lipinski definition) is 3. The Kier molecular flexibility index (Phi) is 6.01. The zero-order valence-electron chi connectivity index (χ0n) is 16.6. The lowest BCUT2D eigenvalue weighted by molar-refractivity contribution is -0.117. The van der Waals surface area contributed by atoms with Gasteiger partial charge in [0.2, 0.25) is 5.91 Å². The van der Waals surface area contributed by atoms with Gasteiger partial charge in [-0.15, -0.1) is 0 Å². The fourth-order valence-electron chi connectivity index (χ4n) is 3.47. The second kappa shape index (κ2) is 9.20. The van der Waals surface area contributed by atoms with Gasteiger partial charge in [-0.2, -0.15) is 0 Å². The third-order valence-electron chi connectivity index (χ3n) is 5.07. The van der Waals surface area contributed by atoms with Crippen molar-refractivity contribution in [2.24, 2.45) is 5.73 Å². The lowest BCUT2D eigenvalue weighted by Crippen LogP contribution is -2.40. The number of hydrogen-bond acceptors (Lipinski definition) is 3. The van der Waals surface area contributed by atoms with Crippen LogP contribution in [0.4, 0.5) is 0 Å². The van der Waals surface area contributed by atoms with Crippen LogP contribution in [0.3, 0.4) is 0 Å². The third kappa shape index (κ3) is 4.64. The van der Waals surface area contributed by atoms with Gasteiger partial charge in [0, 0.05) is 42.0 Å². The Balaban J connectivity index is 1.37. The van der Waals surface area contributed by atoms with Crippen LogP contribution in [0.1, 0.15) is 11.1 Å². The van der Waals surface area contributed by atoms with Crippen molar-refractivity contribution in [2.75, 3.05) is 6.54 Å². The van der Waals surface area contributed by atoms with Crippen molar-refractivity contribution in [1.29, 1.82) is 0 Å². The number of amides is 1. The molecule has 0 bridgehead atoms. The van der Waals surface area contributed by atoms with Crippen LogP contribution in [0.2, 0.25) is 0 Å². The quantitative estimate of drug-likeness (QED) is 0.414. The summed E-state index contributed by atoms with van der Waals surface area (Å²) in [5.74, 6) is -0.162. The van der Waals surface area contributed by atoms with Crippen molar-refractivity contribution < 1.29 is 4.79 Å². The second-order valence-electron chi connectivity index (χ2n) is 7.19. The standard InChI is InChI=1S/C25H24N4O/c26-16-22(15-18-8-10-20(11-9-18)19-5-2-1-3-6-19)29-24(30)13-12-21-17-28-25-23(21)7-4-14-27-25/h1-14,17,22H,15-16,26H2,(H,27,28)(H,29,30)/b13-12+/t22-/m0/s1. The molecule has 0 saturated heterocycles. The summed E-state index contributed by atoms with van der Waals surface area (Å²) in [6.07, 6.45) is 7.59. The number of aromatic amines is 1. The zero-order valence-corrected chi connectivity index (χ0v) is 16.6. The summed E-state index contributed by atoms with van der Waals surface area (Å²) in [4.78, 5) is 19.7. The molecule has 0 unspecified atom stereocenters. The Hall–Kier alpha value is -3.70. The summed E-state index contributed by atoms with van der Waals surface area (Å²) in [5, 5.41) is 3.98. The highest BCUT2D eigenvalue weighted by atomic mass is 16.1. The molecule has 0 spiro atoms. The molecule has 5 nitrogen and oxygen atoms in total. The minimum Gasteiger partial charge on any atom is -0.348 e. The molecule has 1 atom stereocenters. The summed E-state index contributed by atoms with van der Waals surface area (Å²) in [5.41, 5.74) is 11.1. The number of nitrogens with one attached hydrogen (secondary N) is 2. The third-order valence-corrected chi connectivity index (χ3v) is 5.07.